The third-order valence-electron chi connectivity index (χ3n) is 4.19. The monoisotopic (exact) mass is 180 g/mol. The number of ether oxygens (including phenoxy) is 1. The average molecular weight is 180 g/mol. The van der Waals surface area contributed by atoms with Crippen LogP contribution >= 0.6 is 0 Å². The van der Waals surface area contributed by atoms with E-state index in [9.17, 15) is 4.79 Å². The van der Waals surface area contributed by atoms with Gasteiger partial charge in [0.15, 0.2) is 0 Å². The van der Waals surface area contributed by atoms with E-state index in [4.69, 9.17) is 4.74 Å². The number of fused-ring (bicyclic) bond motifs is 3. The lowest BCUT2D eigenvalue weighted by molar-refractivity contribution is -0.148. The van der Waals surface area contributed by atoms with Crippen LogP contribution in [-0.4, -0.2) is 18.0 Å². The Kier molecular flexibility index (Phi) is 1.58. The van der Waals surface area contributed by atoms with Crippen molar-refractivity contribution in [2.75, 3.05) is 6.61 Å². The maximum atomic E-state index is 11.4. The van der Waals surface area contributed by atoms with E-state index in [0.29, 0.717) is 31.1 Å². The van der Waals surface area contributed by atoms with Gasteiger partial charge in [0.05, 0.1) is 12.2 Å². The van der Waals surface area contributed by atoms with E-state index >= 15 is 0 Å². The van der Waals surface area contributed by atoms with Gasteiger partial charge < -0.3 is 4.74 Å². The fraction of sp³-hybridized carbons (Fsp3) is 0.909. The van der Waals surface area contributed by atoms with Gasteiger partial charge in [0.2, 0.25) is 0 Å². The van der Waals surface area contributed by atoms with Gasteiger partial charge in [0.1, 0.15) is 5.78 Å². The lowest BCUT2D eigenvalue weighted by atomic mass is 9.79. The second kappa shape index (κ2) is 2.57. The van der Waals surface area contributed by atoms with Crippen LogP contribution in [0.2, 0.25) is 0 Å². The number of rotatable bonds is 0. The molecule has 3 aliphatic rings. The van der Waals surface area contributed by atoms with Crippen molar-refractivity contribution >= 4 is 5.78 Å². The van der Waals surface area contributed by atoms with Crippen LogP contribution in [-0.2, 0) is 9.53 Å². The molecule has 0 N–H and O–H groups in total. The molecule has 1 saturated heterocycles. The summed E-state index contributed by atoms with van der Waals surface area (Å²) in [4.78, 5) is 11.4. The van der Waals surface area contributed by atoms with Gasteiger partial charge in [-0.2, -0.15) is 0 Å². The van der Waals surface area contributed by atoms with Gasteiger partial charge in [-0.1, -0.05) is 0 Å². The van der Waals surface area contributed by atoms with E-state index in [-0.39, 0.29) is 5.60 Å². The van der Waals surface area contributed by atoms with Crippen LogP contribution in [0.15, 0.2) is 0 Å². The minimum Gasteiger partial charge on any atom is -0.374 e. The second-order valence-electron chi connectivity index (χ2n) is 4.96. The molecule has 0 aromatic carbocycles. The molecule has 3 rings (SSSR count). The van der Waals surface area contributed by atoms with Gasteiger partial charge in [-0.3, -0.25) is 4.79 Å². The van der Waals surface area contributed by atoms with Crippen LogP contribution in [0.25, 0.3) is 0 Å². The first kappa shape index (κ1) is 7.98. The van der Waals surface area contributed by atoms with Gasteiger partial charge in [0, 0.05) is 12.8 Å². The maximum absolute atomic E-state index is 11.4. The molecule has 0 radical (unpaired) electrons. The molecule has 1 heterocycles. The molecular weight excluding hydrogens is 164 g/mol. The van der Waals surface area contributed by atoms with E-state index in [0.717, 1.165) is 5.92 Å². The summed E-state index contributed by atoms with van der Waals surface area (Å²) in [5, 5.41) is 0. The zero-order valence-corrected chi connectivity index (χ0v) is 7.92. The molecule has 0 amide bonds. The Morgan fingerprint density at radius 1 is 1.38 bits per heavy atom. The minimum atomic E-state index is 0.0122. The Hall–Kier alpha value is -0.370. The standard InChI is InChI=1S/C11H16O2/c12-10-3-4-13-11(7-10)6-8-1-2-9(11)5-8/h8-9H,1-7H2. The molecular formula is C11H16O2. The zero-order chi connectivity index (χ0) is 8.89. The van der Waals surface area contributed by atoms with Crippen molar-refractivity contribution in [2.45, 2.75) is 44.1 Å². The largest absolute Gasteiger partial charge is 0.374 e. The molecule has 2 heteroatoms. The number of carbonyl (C=O) groups excluding carboxylic acids is 1. The first-order valence-corrected chi connectivity index (χ1v) is 5.44. The predicted octanol–water partition coefficient (Wildman–Crippen LogP) is 1.92. The van der Waals surface area contributed by atoms with Crippen molar-refractivity contribution in [3.05, 3.63) is 0 Å². The van der Waals surface area contributed by atoms with Gasteiger partial charge in [-0.25, -0.2) is 0 Å². The van der Waals surface area contributed by atoms with Crippen LogP contribution in [0.4, 0.5) is 0 Å². The van der Waals surface area contributed by atoms with E-state index in [1.807, 2.05) is 0 Å². The molecule has 72 valence electrons. The molecule has 2 saturated carbocycles. The van der Waals surface area contributed by atoms with Crippen LogP contribution < -0.4 is 0 Å². The number of ketones is 1. The van der Waals surface area contributed by atoms with Gasteiger partial charge in [0.25, 0.3) is 0 Å². The highest BCUT2D eigenvalue weighted by atomic mass is 16.5. The van der Waals surface area contributed by atoms with Gasteiger partial charge in [-0.15, -0.1) is 0 Å². The topological polar surface area (TPSA) is 26.3 Å². The molecule has 2 nitrogen and oxygen atoms in total. The first-order chi connectivity index (χ1) is 6.28. The summed E-state index contributed by atoms with van der Waals surface area (Å²) < 4.78 is 5.91. The first-order valence-electron chi connectivity index (χ1n) is 5.44. The number of carbonyl (C=O) groups is 1. The fourth-order valence-electron chi connectivity index (χ4n) is 3.63. The van der Waals surface area contributed by atoms with Crippen LogP contribution in [0.3, 0.4) is 0 Å². The minimum absolute atomic E-state index is 0.0122. The molecule has 3 atom stereocenters. The van der Waals surface area contributed by atoms with Crippen molar-refractivity contribution in [3.8, 4) is 0 Å². The zero-order valence-electron chi connectivity index (χ0n) is 7.92. The predicted molar refractivity (Wildman–Crippen MR) is 48.4 cm³/mol. The Morgan fingerprint density at radius 2 is 2.31 bits per heavy atom. The summed E-state index contributed by atoms with van der Waals surface area (Å²) >= 11 is 0. The number of hydrogen-bond acceptors (Lipinski definition) is 2. The smallest absolute Gasteiger partial charge is 0.138 e. The van der Waals surface area contributed by atoms with Crippen molar-refractivity contribution < 1.29 is 9.53 Å². The Labute approximate surface area is 78.6 Å². The molecule has 0 aromatic heterocycles. The quantitative estimate of drug-likeness (QED) is 0.569. The number of hydrogen-bond donors (Lipinski definition) is 0. The summed E-state index contributed by atoms with van der Waals surface area (Å²) in [6.45, 7) is 0.683. The lowest BCUT2D eigenvalue weighted by Crippen LogP contribution is -2.44. The molecule has 3 unspecified atom stereocenters. The third-order valence-corrected chi connectivity index (χ3v) is 4.19. The van der Waals surface area contributed by atoms with Crippen molar-refractivity contribution in [1.29, 1.82) is 0 Å². The van der Waals surface area contributed by atoms with Crippen LogP contribution in [0.5, 0.6) is 0 Å². The summed E-state index contributed by atoms with van der Waals surface area (Å²) in [6.07, 6.45) is 6.55. The Balaban J connectivity index is 1.84. The van der Waals surface area contributed by atoms with Crippen LogP contribution in [0.1, 0.15) is 38.5 Å². The molecule has 1 aliphatic heterocycles. The average Bonchev–Trinajstić information content (AvgIpc) is 2.63. The number of Topliss-reactive ketones (excluding diaryl/α,β-unsaturated/α-hetero) is 1. The highest BCUT2D eigenvalue weighted by Gasteiger charge is 2.53. The van der Waals surface area contributed by atoms with E-state index in [1.165, 1.54) is 25.7 Å². The molecule has 2 aliphatic carbocycles. The molecule has 3 fully saturated rings. The van der Waals surface area contributed by atoms with Gasteiger partial charge >= 0.3 is 0 Å². The van der Waals surface area contributed by atoms with E-state index < -0.39 is 0 Å². The summed E-state index contributed by atoms with van der Waals surface area (Å²) in [5.74, 6) is 2.01. The highest BCUT2D eigenvalue weighted by Crippen LogP contribution is 2.55. The van der Waals surface area contributed by atoms with Gasteiger partial charge in [-0.05, 0) is 37.5 Å². The summed E-state index contributed by atoms with van der Waals surface area (Å²) in [5.41, 5.74) is 0.0122. The maximum Gasteiger partial charge on any atom is 0.138 e. The van der Waals surface area contributed by atoms with Crippen molar-refractivity contribution in [2.24, 2.45) is 11.8 Å². The summed E-state index contributed by atoms with van der Waals surface area (Å²) in [7, 11) is 0. The molecule has 1 spiro atoms. The summed E-state index contributed by atoms with van der Waals surface area (Å²) in [6, 6.07) is 0. The SMILES string of the molecule is O=C1CCOC2(C1)CC1CCC2C1. The molecule has 0 aromatic rings. The highest BCUT2D eigenvalue weighted by molar-refractivity contribution is 5.80. The van der Waals surface area contributed by atoms with Crippen molar-refractivity contribution in [3.63, 3.8) is 0 Å². The van der Waals surface area contributed by atoms with E-state index in [1.54, 1.807) is 0 Å². The van der Waals surface area contributed by atoms with Crippen molar-refractivity contribution in [1.82, 2.24) is 0 Å². The Bertz CT molecular complexity index is 248. The fourth-order valence-corrected chi connectivity index (χ4v) is 3.63. The van der Waals surface area contributed by atoms with Crippen LogP contribution in [0, 0.1) is 11.8 Å². The Morgan fingerprint density at radius 3 is 2.92 bits per heavy atom. The molecule has 13 heavy (non-hydrogen) atoms. The lowest BCUT2D eigenvalue weighted by Gasteiger charge is -2.40. The second-order valence-corrected chi connectivity index (χ2v) is 4.96. The van der Waals surface area contributed by atoms with E-state index in [2.05, 4.69) is 0 Å². The normalized spacial score (nSPS) is 49.1. The third kappa shape index (κ3) is 1.08. The molecule has 2 bridgehead atoms.